The maximum absolute atomic E-state index is 12.4. The molecular weight excluding hydrogens is 256 g/mol. The van der Waals surface area contributed by atoms with E-state index in [1.54, 1.807) is 0 Å². The minimum Gasteiger partial charge on any atom is -0.460 e. The Hall–Kier alpha value is -1.10. The minimum absolute atomic E-state index is 0.0399. The van der Waals surface area contributed by atoms with E-state index in [1.165, 1.54) is 0 Å². The van der Waals surface area contributed by atoms with Gasteiger partial charge in [0.1, 0.15) is 5.60 Å². The highest BCUT2D eigenvalue weighted by Crippen LogP contribution is 2.30. The summed E-state index contributed by atoms with van der Waals surface area (Å²) in [6.45, 7) is 8.10. The second kappa shape index (κ2) is 6.12. The molecule has 2 rings (SSSR count). The van der Waals surface area contributed by atoms with Crippen LogP contribution in [0, 0.1) is 17.8 Å². The molecular formula is C15H26N2O3. The third-order valence-corrected chi connectivity index (χ3v) is 4.03. The number of carbonyl (C=O) groups excluding carboxylic acids is 2. The van der Waals surface area contributed by atoms with Crippen LogP contribution in [0.25, 0.3) is 0 Å². The summed E-state index contributed by atoms with van der Waals surface area (Å²) in [5.74, 6) is 0.0465. The van der Waals surface area contributed by atoms with E-state index < -0.39 is 5.60 Å². The number of piperidine rings is 1. The van der Waals surface area contributed by atoms with Crippen molar-refractivity contribution in [1.82, 2.24) is 10.6 Å². The van der Waals surface area contributed by atoms with E-state index in [0.717, 1.165) is 32.5 Å². The first-order chi connectivity index (χ1) is 9.37. The average Bonchev–Trinajstić information content (AvgIpc) is 2.26. The normalized spacial score (nSPS) is 25.6. The molecule has 5 nitrogen and oxygen atoms in total. The molecule has 0 bridgehead atoms. The second-order valence-corrected chi connectivity index (χ2v) is 6.92. The fourth-order valence-electron chi connectivity index (χ4n) is 2.82. The van der Waals surface area contributed by atoms with Gasteiger partial charge in [0.25, 0.3) is 0 Å². The SMILES string of the molecule is CC(C)(C)OC(=O)C(CC1CCCNC1=O)C1CNC1. The van der Waals surface area contributed by atoms with Gasteiger partial charge in [0.15, 0.2) is 0 Å². The zero-order chi connectivity index (χ0) is 14.8. The molecule has 2 heterocycles. The molecule has 2 aliphatic heterocycles. The van der Waals surface area contributed by atoms with Gasteiger partial charge in [-0.2, -0.15) is 0 Å². The molecule has 2 unspecified atom stereocenters. The summed E-state index contributed by atoms with van der Waals surface area (Å²) in [5.41, 5.74) is -0.471. The van der Waals surface area contributed by atoms with Crippen LogP contribution in [0.4, 0.5) is 0 Å². The highest BCUT2D eigenvalue weighted by molar-refractivity contribution is 5.80. The van der Waals surface area contributed by atoms with E-state index in [2.05, 4.69) is 10.6 Å². The van der Waals surface area contributed by atoms with Crippen LogP contribution in [-0.2, 0) is 14.3 Å². The number of hydrogen-bond acceptors (Lipinski definition) is 4. The van der Waals surface area contributed by atoms with Gasteiger partial charge in [-0.3, -0.25) is 9.59 Å². The standard InChI is InChI=1S/C15H26N2O3/c1-15(2,3)20-14(19)12(11-8-16-9-11)7-10-5-4-6-17-13(10)18/h10-12,16H,4-9H2,1-3H3,(H,17,18). The minimum atomic E-state index is -0.471. The van der Waals surface area contributed by atoms with Gasteiger partial charge >= 0.3 is 5.97 Å². The zero-order valence-electron chi connectivity index (χ0n) is 12.7. The number of hydrogen-bond donors (Lipinski definition) is 2. The predicted octanol–water partition coefficient (Wildman–Crippen LogP) is 1.08. The van der Waals surface area contributed by atoms with Gasteiger partial charge in [0.05, 0.1) is 5.92 Å². The van der Waals surface area contributed by atoms with Crippen molar-refractivity contribution in [2.45, 2.75) is 45.6 Å². The molecule has 0 aromatic heterocycles. The monoisotopic (exact) mass is 282 g/mol. The molecule has 0 saturated carbocycles. The van der Waals surface area contributed by atoms with Crippen LogP contribution in [0.1, 0.15) is 40.0 Å². The van der Waals surface area contributed by atoms with Crippen molar-refractivity contribution >= 4 is 11.9 Å². The van der Waals surface area contributed by atoms with E-state index in [0.29, 0.717) is 12.3 Å². The molecule has 0 aromatic rings. The molecule has 5 heteroatoms. The molecule has 20 heavy (non-hydrogen) atoms. The predicted molar refractivity (Wildman–Crippen MR) is 76.0 cm³/mol. The van der Waals surface area contributed by atoms with Crippen molar-refractivity contribution < 1.29 is 14.3 Å². The summed E-state index contributed by atoms with van der Waals surface area (Å²) < 4.78 is 5.54. The van der Waals surface area contributed by atoms with E-state index in [-0.39, 0.29) is 23.7 Å². The molecule has 0 aromatic carbocycles. The lowest BCUT2D eigenvalue weighted by Crippen LogP contribution is -2.51. The second-order valence-electron chi connectivity index (χ2n) is 6.92. The molecule has 2 saturated heterocycles. The summed E-state index contributed by atoms with van der Waals surface area (Å²) in [6, 6.07) is 0. The van der Waals surface area contributed by atoms with Crippen molar-refractivity contribution in [3.8, 4) is 0 Å². The van der Waals surface area contributed by atoms with Crippen LogP contribution in [0.2, 0.25) is 0 Å². The molecule has 0 radical (unpaired) electrons. The van der Waals surface area contributed by atoms with Crippen molar-refractivity contribution in [3.63, 3.8) is 0 Å². The maximum atomic E-state index is 12.4. The van der Waals surface area contributed by atoms with Crippen molar-refractivity contribution in [1.29, 1.82) is 0 Å². The Bertz CT molecular complexity index is 372. The molecule has 2 fully saturated rings. The van der Waals surface area contributed by atoms with Crippen LogP contribution in [-0.4, -0.2) is 37.1 Å². The van der Waals surface area contributed by atoms with Crippen LogP contribution < -0.4 is 10.6 Å². The summed E-state index contributed by atoms with van der Waals surface area (Å²) >= 11 is 0. The Morgan fingerprint density at radius 2 is 2.10 bits per heavy atom. The van der Waals surface area contributed by atoms with Crippen molar-refractivity contribution in [3.05, 3.63) is 0 Å². The zero-order valence-corrected chi connectivity index (χ0v) is 12.7. The van der Waals surface area contributed by atoms with Gasteiger partial charge in [0, 0.05) is 25.6 Å². The molecule has 114 valence electrons. The van der Waals surface area contributed by atoms with Crippen LogP contribution in [0.5, 0.6) is 0 Å². The third-order valence-electron chi connectivity index (χ3n) is 4.03. The van der Waals surface area contributed by atoms with E-state index >= 15 is 0 Å². The largest absolute Gasteiger partial charge is 0.460 e. The lowest BCUT2D eigenvalue weighted by Gasteiger charge is -2.37. The van der Waals surface area contributed by atoms with Gasteiger partial charge in [-0.05, 0) is 46.0 Å². The number of carbonyl (C=O) groups is 2. The van der Waals surface area contributed by atoms with Crippen LogP contribution in [0.3, 0.4) is 0 Å². The quantitative estimate of drug-likeness (QED) is 0.757. The molecule has 2 N–H and O–H groups in total. The first kappa shape index (κ1) is 15.3. The van der Waals surface area contributed by atoms with E-state index in [1.807, 2.05) is 20.8 Å². The Morgan fingerprint density at radius 3 is 2.60 bits per heavy atom. The molecule has 1 amide bonds. The molecule has 0 aliphatic carbocycles. The average molecular weight is 282 g/mol. The van der Waals surface area contributed by atoms with E-state index in [4.69, 9.17) is 4.74 Å². The van der Waals surface area contributed by atoms with Crippen molar-refractivity contribution in [2.24, 2.45) is 17.8 Å². The molecule has 2 atom stereocenters. The van der Waals surface area contributed by atoms with E-state index in [9.17, 15) is 9.59 Å². The number of nitrogens with one attached hydrogen (secondary N) is 2. The van der Waals surface area contributed by atoms with Gasteiger partial charge in [-0.1, -0.05) is 0 Å². The first-order valence-electron chi connectivity index (χ1n) is 7.58. The number of amides is 1. The Kier molecular flexibility index (Phi) is 4.68. The topological polar surface area (TPSA) is 67.4 Å². The number of esters is 1. The number of ether oxygens (including phenoxy) is 1. The third kappa shape index (κ3) is 3.95. The van der Waals surface area contributed by atoms with Crippen LogP contribution >= 0.6 is 0 Å². The lowest BCUT2D eigenvalue weighted by molar-refractivity contribution is -0.164. The number of rotatable bonds is 4. The summed E-state index contributed by atoms with van der Waals surface area (Å²) in [5, 5.41) is 6.09. The maximum Gasteiger partial charge on any atom is 0.309 e. The fourth-order valence-corrected chi connectivity index (χ4v) is 2.82. The van der Waals surface area contributed by atoms with Gasteiger partial charge < -0.3 is 15.4 Å². The Balaban J connectivity index is 1.99. The summed E-state index contributed by atoms with van der Waals surface area (Å²) in [7, 11) is 0. The fraction of sp³-hybridized carbons (Fsp3) is 0.867. The molecule has 0 spiro atoms. The van der Waals surface area contributed by atoms with Crippen LogP contribution in [0.15, 0.2) is 0 Å². The lowest BCUT2D eigenvalue weighted by atomic mass is 9.79. The van der Waals surface area contributed by atoms with Gasteiger partial charge in [0.2, 0.25) is 5.91 Å². The highest BCUT2D eigenvalue weighted by atomic mass is 16.6. The van der Waals surface area contributed by atoms with Crippen molar-refractivity contribution in [2.75, 3.05) is 19.6 Å². The Labute approximate surface area is 120 Å². The van der Waals surface area contributed by atoms with Gasteiger partial charge in [-0.15, -0.1) is 0 Å². The summed E-state index contributed by atoms with van der Waals surface area (Å²) in [4.78, 5) is 24.3. The highest BCUT2D eigenvalue weighted by Gasteiger charge is 2.38. The smallest absolute Gasteiger partial charge is 0.309 e. The van der Waals surface area contributed by atoms with Gasteiger partial charge in [-0.25, -0.2) is 0 Å². The Morgan fingerprint density at radius 1 is 1.40 bits per heavy atom. The molecule has 2 aliphatic rings. The first-order valence-corrected chi connectivity index (χ1v) is 7.58. The summed E-state index contributed by atoms with van der Waals surface area (Å²) in [6.07, 6.45) is 2.50.